The molecule has 1 aliphatic heterocycles. The topological polar surface area (TPSA) is 55.8 Å². The van der Waals surface area contributed by atoms with Crippen LogP contribution in [0.3, 0.4) is 0 Å². The Kier molecular flexibility index (Phi) is 1.69. The molecule has 0 amide bonds. The number of rotatable bonds is 1. The van der Waals surface area contributed by atoms with Crippen LogP contribution >= 0.6 is 0 Å². The highest BCUT2D eigenvalue weighted by molar-refractivity contribution is 5.64. The quantitative estimate of drug-likeness (QED) is 0.509. The van der Waals surface area contributed by atoms with Crippen LogP contribution in [-0.4, -0.2) is 24.5 Å². The minimum absolute atomic E-state index is 0.133. The molecule has 4 heteroatoms. The zero-order valence-electron chi connectivity index (χ0n) is 4.66. The number of carbonyl (C=O) groups excluding carboxylic acids is 1. The first kappa shape index (κ1) is 6.10. The van der Waals surface area contributed by atoms with Gasteiger partial charge in [-0.2, -0.15) is 0 Å². The van der Waals surface area contributed by atoms with E-state index < -0.39 is 6.16 Å². The minimum atomic E-state index is -0.699. The molecule has 0 aromatic heterocycles. The Morgan fingerprint density at radius 1 is 1.78 bits per heavy atom. The van der Waals surface area contributed by atoms with Crippen molar-refractivity contribution >= 4 is 6.16 Å². The smallest absolute Gasteiger partial charge is 0.426 e. The molecule has 1 N–H and O–H groups in total. The first-order valence-corrected chi connectivity index (χ1v) is 2.47. The van der Waals surface area contributed by atoms with E-state index in [0.29, 0.717) is 5.76 Å². The van der Waals surface area contributed by atoms with E-state index in [1.807, 2.05) is 0 Å². The van der Waals surface area contributed by atoms with Gasteiger partial charge in [0.25, 0.3) is 0 Å². The molecule has 0 aliphatic carbocycles. The van der Waals surface area contributed by atoms with E-state index >= 15 is 0 Å². The molecule has 0 saturated carbocycles. The zero-order valence-corrected chi connectivity index (χ0v) is 4.66. The van der Waals surface area contributed by atoms with Crippen LogP contribution in [-0.2, 0) is 9.47 Å². The van der Waals surface area contributed by atoms with E-state index in [1.165, 1.54) is 6.08 Å². The second-order valence-corrected chi connectivity index (χ2v) is 1.49. The largest absolute Gasteiger partial charge is 0.514 e. The molecule has 0 spiro atoms. The van der Waals surface area contributed by atoms with Gasteiger partial charge in [0.05, 0.1) is 6.61 Å². The van der Waals surface area contributed by atoms with E-state index in [9.17, 15) is 4.79 Å². The third-order valence-electron chi connectivity index (χ3n) is 0.866. The number of aliphatic hydroxyl groups is 1. The summed E-state index contributed by atoms with van der Waals surface area (Å²) in [6.45, 7) is 0.00532. The van der Waals surface area contributed by atoms with Gasteiger partial charge in [0.1, 0.15) is 5.76 Å². The summed E-state index contributed by atoms with van der Waals surface area (Å²) in [6.07, 6.45) is 0.681. The maximum atomic E-state index is 10.2. The van der Waals surface area contributed by atoms with Crippen molar-refractivity contribution in [1.82, 2.24) is 0 Å². The number of cyclic esters (lactones) is 2. The third-order valence-corrected chi connectivity index (χ3v) is 0.866. The lowest BCUT2D eigenvalue weighted by molar-refractivity contribution is 0.136. The Labute approximate surface area is 51.7 Å². The van der Waals surface area contributed by atoms with Crippen LogP contribution in [0.15, 0.2) is 11.8 Å². The highest BCUT2D eigenvalue weighted by Gasteiger charge is 2.17. The average Bonchev–Trinajstić information content (AvgIpc) is 2.17. The van der Waals surface area contributed by atoms with Crippen molar-refractivity contribution in [1.29, 1.82) is 0 Å². The summed E-state index contributed by atoms with van der Waals surface area (Å²) in [4.78, 5) is 10.2. The van der Waals surface area contributed by atoms with Crippen molar-refractivity contribution in [3.63, 3.8) is 0 Å². The second-order valence-electron chi connectivity index (χ2n) is 1.49. The van der Waals surface area contributed by atoms with Crippen molar-refractivity contribution in [3.05, 3.63) is 11.8 Å². The standard InChI is InChI=1S/C5H6O4/c6-2-1-4-3-8-5(7)9-4/h1,6H,2-3H2/b4-1-. The lowest BCUT2D eigenvalue weighted by Gasteiger charge is -1.86. The molecule has 0 aromatic carbocycles. The van der Waals surface area contributed by atoms with Gasteiger partial charge in [0, 0.05) is 0 Å². The molecule has 4 nitrogen and oxygen atoms in total. The molecule has 1 saturated heterocycles. The van der Waals surface area contributed by atoms with E-state index in [4.69, 9.17) is 5.11 Å². The monoisotopic (exact) mass is 130 g/mol. The van der Waals surface area contributed by atoms with Gasteiger partial charge in [0.15, 0.2) is 6.61 Å². The summed E-state index contributed by atoms with van der Waals surface area (Å²) in [6, 6.07) is 0. The Morgan fingerprint density at radius 3 is 3.00 bits per heavy atom. The molecule has 0 radical (unpaired) electrons. The molecule has 0 bridgehead atoms. The van der Waals surface area contributed by atoms with Gasteiger partial charge in [0.2, 0.25) is 0 Å². The van der Waals surface area contributed by atoms with E-state index in [2.05, 4.69) is 9.47 Å². The highest BCUT2D eigenvalue weighted by Crippen LogP contribution is 2.08. The van der Waals surface area contributed by atoms with Crippen molar-refractivity contribution < 1.29 is 19.4 Å². The lowest BCUT2D eigenvalue weighted by atomic mass is 10.5. The zero-order chi connectivity index (χ0) is 6.69. The van der Waals surface area contributed by atoms with Crippen LogP contribution in [0.2, 0.25) is 0 Å². The van der Waals surface area contributed by atoms with E-state index in [0.717, 1.165) is 0 Å². The van der Waals surface area contributed by atoms with Gasteiger partial charge in [-0.25, -0.2) is 4.79 Å². The van der Waals surface area contributed by atoms with Crippen LogP contribution < -0.4 is 0 Å². The average molecular weight is 130 g/mol. The van der Waals surface area contributed by atoms with Gasteiger partial charge in [-0.1, -0.05) is 0 Å². The Hall–Kier alpha value is -1.03. The maximum Gasteiger partial charge on any atom is 0.514 e. The SMILES string of the molecule is O=C1OC/C(=C/CO)O1. The summed E-state index contributed by atoms with van der Waals surface area (Å²) in [5.74, 6) is 0.377. The molecule has 1 heterocycles. The molecular formula is C5H6O4. The summed E-state index contributed by atoms with van der Waals surface area (Å²) in [7, 11) is 0. The summed E-state index contributed by atoms with van der Waals surface area (Å²) >= 11 is 0. The molecule has 1 fully saturated rings. The summed E-state index contributed by atoms with van der Waals surface area (Å²) in [5.41, 5.74) is 0. The third kappa shape index (κ3) is 1.43. The van der Waals surface area contributed by atoms with Crippen LogP contribution in [0.1, 0.15) is 0 Å². The Bertz CT molecular complexity index is 149. The Morgan fingerprint density at radius 2 is 2.56 bits per heavy atom. The van der Waals surface area contributed by atoms with Gasteiger partial charge in [-0.05, 0) is 6.08 Å². The fraction of sp³-hybridized carbons (Fsp3) is 0.400. The number of hydrogen-bond donors (Lipinski definition) is 1. The molecule has 1 rings (SSSR count). The van der Waals surface area contributed by atoms with Gasteiger partial charge < -0.3 is 14.6 Å². The maximum absolute atomic E-state index is 10.2. The predicted octanol–water partition coefficient (Wildman–Crippen LogP) is 0.0294. The number of hydrogen-bond acceptors (Lipinski definition) is 4. The van der Waals surface area contributed by atoms with E-state index in [-0.39, 0.29) is 13.2 Å². The fourth-order valence-corrected chi connectivity index (χ4v) is 0.498. The summed E-state index contributed by atoms with van der Waals surface area (Å²) in [5, 5.41) is 8.29. The van der Waals surface area contributed by atoms with Crippen molar-refractivity contribution in [2.24, 2.45) is 0 Å². The molecule has 0 atom stereocenters. The first-order valence-electron chi connectivity index (χ1n) is 2.47. The fourth-order valence-electron chi connectivity index (χ4n) is 0.498. The van der Waals surface area contributed by atoms with Gasteiger partial charge in [-0.15, -0.1) is 0 Å². The van der Waals surface area contributed by atoms with Gasteiger partial charge in [-0.3, -0.25) is 0 Å². The van der Waals surface area contributed by atoms with Crippen LogP contribution in [0, 0.1) is 0 Å². The normalized spacial score (nSPS) is 21.9. The molecule has 9 heavy (non-hydrogen) atoms. The van der Waals surface area contributed by atoms with E-state index in [1.54, 1.807) is 0 Å². The molecule has 0 aromatic rings. The minimum Gasteiger partial charge on any atom is -0.426 e. The number of ether oxygens (including phenoxy) is 2. The highest BCUT2D eigenvalue weighted by atomic mass is 16.8. The second kappa shape index (κ2) is 2.50. The Balaban J connectivity index is 2.47. The van der Waals surface area contributed by atoms with Crippen molar-refractivity contribution in [2.45, 2.75) is 0 Å². The van der Waals surface area contributed by atoms with Crippen molar-refractivity contribution in [3.8, 4) is 0 Å². The molecule has 0 unspecified atom stereocenters. The molecule has 50 valence electrons. The number of carbonyl (C=O) groups is 1. The molecular weight excluding hydrogens is 124 g/mol. The summed E-state index contributed by atoms with van der Waals surface area (Å²) < 4.78 is 8.82. The van der Waals surface area contributed by atoms with Crippen LogP contribution in [0.4, 0.5) is 4.79 Å². The number of aliphatic hydroxyl groups excluding tert-OH is 1. The van der Waals surface area contributed by atoms with Gasteiger partial charge >= 0.3 is 6.16 Å². The lowest BCUT2D eigenvalue weighted by Crippen LogP contribution is -1.88. The van der Waals surface area contributed by atoms with Crippen LogP contribution in [0.5, 0.6) is 0 Å². The van der Waals surface area contributed by atoms with Crippen molar-refractivity contribution in [2.75, 3.05) is 13.2 Å². The molecule has 1 aliphatic rings. The van der Waals surface area contributed by atoms with Crippen LogP contribution in [0.25, 0.3) is 0 Å². The first-order chi connectivity index (χ1) is 4.33. The predicted molar refractivity (Wildman–Crippen MR) is 27.6 cm³/mol.